The largest absolute Gasteiger partial charge is 0.382 e. The standard InChI is InChI=1S/C13H18BrN/c1-13(2)8-7-12(9-13)15-11-5-3-10(14)4-6-11/h3-6,12,15H,7-9H2,1-2H3. The smallest absolute Gasteiger partial charge is 0.0343 e. The third-order valence-electron chi connectivity index (χ3n) is 3.18. The van der Waals surface area contributed by atoms with E-state index >= 15 is 0 Å². The van der Waals surface area contributed by atoms with Gasteiger partial charge < -0.3 is 5.32 Å². The summed E-state index contributed by atoms with van der Waals surface area (Å²) in [6, 6.07) is 9.09. The van der Waals surface area contributed by atoms with Crippen LogP contribution in [0.2, 0.25) is 0 Å². The predicted octanol–water partition coefficient (Wildman–Crippen LogP) is 4.44. The van der Waals surface area contributed by atoms with Gasteiger partial charge in [-0.05, 0) is 48.9 Å². The number of nitrogens with one attached hydrogen (secondary N) is 1. The average molecular weight is 268 g/mol. The van der Waals surface area contributed by atoms with Crippen molar-refractivity contribution >= 4 is 21.6 Å². The Morgan fingerprint density at radius 1 is 1.27 bits per heavy atom. The van der Waals surface area contributed by atoms with Crippen LogP contribution in [0.25, 0.3) is 0 Å². The van der Waals surface area contributed by atoms with E-state index in [-0.39, 0.29) is 0 Å². The van der Waals surface area contributed by atoms with E-state index in [4.69, 9.17) is 0 Å². The lowest BCUT2D eigenvalue weighted by Crippen LogP contribution is -2.17. The minimum Gasteiger partial charge on any atom is -0.382 e. The van der Waals surface area contributed by atoms with E-state index in [1.165, 1.54) is 24.9 Å². The van der Waals surface area contributed by atoms with Crippen molar-refractivity contribution in [1.82, 2.24) is 0 Å². The molecular formula is C13H18BrN. The van der Waals surface area contributed by atoms with Crippen molar-refractivity contribution in [2.24, 2.45) is 5.41 Å². The Kier molecular flexibility index (Phi) is 3.06. The molecule has 1 atom stereocenters. The molecule has 0 amide bonds. The molecule has 82 valence electrons. The molecule has 0 bridgehead atoms. The molecule has 15 heavy (non-hydrogen) atoms. The van der Waals surface area contributed by atoms with Crippen LogP contribution in [-0.4, -0.2) is 6.04 Å². The normalized spacial score (nSPS) is 24.1. The van der Waals surface area contributed by atoms with Crippen LogP contribution in [0.5, 0.6) is 0 Å². The van der Waals surface area contributed by atoms with E-state index < -0.39 is 0 Å². The maximum atomic E-state index is 3.60. The molecule has 0 heterocycles. The molecule has 1 aliphatic rings. The van der Waals surface area contributed by atoms with Gasteiger partial charge in [-0.15, -0.1) is 0 Å². The molecule has 0 spiro atoms. The van der Waals surface area contributed by atoms with Crippen LogP contribution < -0.4 is 5.32 Å². The number of hydrogen-bond donors (Lipinski definition) is 1. The summed E-state index contributed by atoms with van der Waals surface area (Å²) >= 11 is 3.45. The molecule has 1 N–H and O–H groups in total. The minimum atomic E-state index is 0.521. The Morgan fingerprint density at radius 3 is 2.47 bits per heavy atom. The third-order valence-corrected chi connectivity index (χ3v) is 3.71. The van der Waals surface area contributed by atoms with E-state index in [0.717, 1.165) is 4.47 Å². The van der Waals surface area contributed by atoms with Crippen LogP contribution in [0.1, 0.15) is 33.1 Å². The van der Waals surface area contributed by atoms with Crippen molar-refractivity contribution < 1.29 is 0 Å². The second kappa shape index (κ2) is 4.17. The first-order chi connectivity index (χ1) is 7.05. The van der Waals surface area contributed by atoms with E-state index in [9.17, 15) is 0 Å². The Balaban J connectivity index is 1.96. The second-order valence-electron chi connectivity index (χ2n) is 5.26. The molecular weight excluding hydrogens is 250 g/mol. The molecule has 1 aromatic rings. The highest BCUT2D eigenvalue weighted by Gasteiger charge is 2.30. The molecule has 2 rings (SSSR count). The molecule has 2 heteroatoms. The lowest BCUT2D eigenvalue weighted by Gasteiger charge is -2.18. The van der Waals surface area contributed by atoms with Crippen molar-refractivity contribution in [1.29, 1.82) is 0 Å². The lowest BCUT2D eigenvalue weighted by molar-refractivity contribution is 0.378. The molecule has 0 saturated heterocycles. The summed E-state index contributed by atoms with van der Waals surface area (Å²) in [6.45, 7) is 4.71. The summed E-state index contributed by atoms with van der Waals surface area (Å²) in [5.74, 6) is 0. The van der Waals surface area contributed by atoms with Crippen LogP contribution in [0.15, 0.2) is 28.7 Å². The fourth-order valence-corrected chi connectivity index (χ4v) is 2.61. The van der Waals surface area contributed by atoms with Gasteiger partial charge >= 0.3 is 0 Å². The van der Waals surface area contributed by atoms with Crippen molar-refractivity contribution in [3.8, 4) is 0 Å². The number of halogens is 1. The molecule has 1 fully saturated rings. The van der Waals surface area contributed by atoms with Crippen LogP contribution in [-0.2, 0) is 0 Å². The van der Waals surface area contributed by atoms with Crippen molar-refractivity contribution in [3.63, 3.8) is 0 Å². The first kappa shape index (κ1) is 11.0. The second-order valence-corrected chi connectivity index (χ2v) is 6.17. The van der Waals surface area contributed by atoms with Gasteiger partial charge in [0, 0.05) is 16.2 Å². The third kappa shape index (κ3) is 2.97. The number of rotatable bonds is 2. The maximum absolute atomic E-state index is 3.60. The highest BCUT2D eigenvalue weighted by molar-refractivity contribution is 9.10. The molecule has 1 aromatic carbocycles. The summed E-state index contributed by atoms with van der Waals surface area (Å²) in [5, 5.41) is 3.60. The van der Waals surface area contributed by atoms with Gasteiger partial charge in [-0.2, -0.15) is 0 Å². The SMILES string of the molecule is CC1(C)CCC(Nc2ccc(Br)cc2)C1. The first-order valence-corrected chi connectivity index (χ1v) is 6.37. The number of benzene rings is 1. The topological polar surface area (TPSA) is 12.0 Å². The predicted molar refractivity (Wildman–Crippen MR) is 69.2 cm³/mol. The van der Waals surface area contributed by atoms with Crippen LogP contribution in [0, 0.1) is 5.41 Å². The molecule has 0 aliphatic heterocycles. The van der Waals surface area contributed by atoms with Gasteiger partial charge in [-0.3, -0.25) is 0 Å². The Bertz CT molecular complexity index is 329. The van der Waals surface area contributed by atoms with Crippen molar-refractivity contribution in [2.45, 2.75) is 39.2 Å². The van der Waals surface area contributed by atoms with Gasteiger partial charge in [0.25, 0.3) is 0 Å². The average Bonchev–Trinajstić information content (AvgIpc) is 2.50. The van der Waals surface area contributed by atoms with Gasteiger partial charge in [-0.25, -0.2) is 0 Å². The number of hydrogen-bond acceptors (Lipinski definition) is 1. The van der Waals surface area contributed by atoms with Gasteiger partial charge in [0.2, 0.25) is 0 Å². The fourth-order valence-electron chi connectivity index (χ4n) is 2.34. The zero-order valence-corrected chi connectivity index (χ0v) is 11.0. The molecule has 1 aliphatic carbocycles. The quantitative estimate of drug-likeness (QED) is 0.836. The van der Waals surface area contributed by atoms with E-state index in [0.29, 0.717) is 11.5 Å². The Labute approximate surface area is 100 Å². The zero-order valence-electron chi connectivity index (χ0n) is 9.39. The van der Waals surface area contributed by atoms with Gasteiger partial charge in [-0.1, -0.05) is 29.8 Å². The van der Waals surface area contributed by atoms with Crippen LogP contribution >= 0.6 is 15.9 Å². The van der Waals surface area contributed by atoms with Gasteiger partial charge in [0.15, 0.2) is 0 Å². The maximum Gasteiger partial charge on any atom is 0.0343 e. The molecule has 0 aromatic heterocycles. The Hall–Kier alpha value is -0.500. The van der Waals surface area contributed by atoms with Crippen LogP contribution in [0.3, 0.4) is 0 Å². The molecule has 1 saturated carbocycles. The van der Waals surface area contributed by atoms with Gasteiger partial charge in [0.05, 0.1) is 0 Å². The number of anilines is 1. The molecule has 0 radical (unpaired) electrons. The van der Waals surface area contributed by atoms with E-state index in [2.05, 4.69) is 59.4 Å². The van der Waals surface area contributed by atoms with E-state index in [1.807, 2.05) is 0 Å². The Morgan fingerprint density at radius 2 is 1.93 bits per heavy atom. The summed E-state index contributed by atoms with van der Waals surface area (Å²) < 4.78 is 1.14. The van der Waals surface area contributed by atoms with Crippen molar-refractivity contribution in [2.75, 3.05) is 5.32 Å². The summed E-state index contributed by atoms with van der Waals surface area (Å²) in [6.07, 6.45) is 3.91. The zero-order chi connectivity index (χ0) is 10.9. The fraction of sp³-hybridized carbons (Fsp3) is 0.538. The van der Waals surface area contributed by atoms with Gasteiger partial charge in [0.1, 0.15) is 0 Å². The van der Waals surface area contributed by atoms with Crippen LogP contribution in [0.4, 0.5) is 5.69 Å². The minimum absolute atomic E-state index is 0.521. The highest BCUT2D eigenvalue weighted by atomic mass is 79.9. The summed E-state index contributed by atoms with van der Waals surface area (Å²) in [5.41, 5.74) is 1.76. The monoisotopic (exact) mass is 267 g/mol. The first-order valence-electron chi connectivity index (χ1n) is 5.57. The summed E-state index contributed by atoms with van der Waals surface area (Å²) in [4.78, 5) is 0. The highest BCUT2D eigenvalue weighted by Crippen LogP contribution is 2.38. The summed E-state index contributed by atoms with van der Waals surface area (Å²) in [7, 11) is 0. The van der Waals surface area contributed by atoms with E-state index in [1.54, 1.807) is 0 Å². The molecule has 1 unspecified atom stereocenters. The van der Waals surface area contributed by atoms with Crippen molar-refractivity contribution in [3.05, 3.63) is 28.7 Å². The lowest BCUT2D eigenvalue weighted by atomic mass is 9.92. The molecule has 1 nitrogen and oxygen atoms in total.